The largest absolute Gasteiger partial charge is 0.457 e. The van der Waals surface area contributed by atoms with Crippen LogP contribution >= 0.6 is 0 Å². The maximum atomic E-state index is 10.3. The van der Waals surface area contributed by atoms with E-state index in [1.807, 2.05) is 44.3 Å². The molecule has 0 spiro atoms. The summed E-state index contributed by atoms with van der Waals surface area (Å²) in [5.41, 5.74) is 1.00. The second kappa shape index (κ2) is 5.83. The summed E-state index contributed by atoms with van der Waals surface area (Å²) >= 11 is 0. The van der Waals surface area contributed by atoms with E-state index in [2.05, 4.69) is 17.1 Å². The first-order chi connectivity index (χ1) is 12.3. The van der Waals surface area contributed by atoms with Crippen molar-refractivity contribution >= 4 is 45.7 Å². The molecule has 4 aromatic rings. The first-order valence-corrected chi connectivity index (χ1v) is 8.81. The fourth-order valence-corrected chi connectivity index (χ4v) is 3.06. The third kappa shape index (κ3) is 2.68. The number of furan rings is 1. The Balaban J connectivity index is 1.84. The van der Waals surface area contributed by atoms with Crippen molar-refractivity contribution in [3.63, 3.8) is 0 Å². The molecule has 0 unspecified atom stereocenters. The van der Waals surface area contributed by atoms with Crippen LogP contribution in [0.4, 0.5) is 0 Å². The predicted octanol–water partition coefficient (Wildman–Crippen LogP) is 3.68. The van der Waals surface area contributed by atoms with Gasteiger partial charge in [-0.25, -0.2) is 0 Å². The van der Waals surface area contributed by atoms with Crippen LogP contribution in [0.25, 0.3) is 32.7 Å². The van der Waals surface area contributed by atoms with Gasteiger partial charge in [0, 0.05) is 28.6 Å². The van der Waals surface area contributed by atoms with Crippen LogP contribution in [0, 0.1) is 0 Å². The van der Waals surface area contributed by atoms with Gasteiger partial charge < -0.3 is 14.2 Å². The molecule has 2 heterocycles. The summed E-state index contributed by atoms with van der Waals surface area (Å²) in [5, 5.41) is 14.7. The zero-order chi connectivity index (χ0) is 18.5. The standard InChI is InChI=1S/C21H22BNO3/c1-20(2,24)21(3,4)26-22-16-7-5-6-14-18-15-12-23-11-10-13(15)8-9-17(18)25-19(14)16/h5-12,22,24H,1-4H3. The predicted molar refractivity (Wildman–Crippen MR) is 107 cm³/mol. The van der Waals surface area contributed by atoms with Crippen molar-refractivity contribution in [2.45, 2.75) is 38.9 Å². The lowest BCUT2D eigenvalue weighted by atomic mass is 9.82. The van der Waals surface area contributed by atoms with Gasteiger partial charge in [-0.2, -0.15) is 0 Å². The molecule has 1 N–H and O–H groups in total. The highest BCUT2D eigenvalue weighted by Crippen LogP contribution is 2.33. The second-order valence-electron chi connectivity index (χ2n) is 7.79. The summed E-state index contributed by atoms with van der Waals surface area (Å²) in [6, 6.07) is 12.1. The van der Waals surface area contributed by atoms with Crippen LogP contribution in [-0.4, -0.2) is 28.8 Å². The van der Waals surface area contributed by atoms with E-state index in [0.29, 0.717) is 7.48 Å². The molecule has 0 saturated carbocycles. The summed E-state index contributed by atoms with van der Waals surface area (Å²) < 4.78 is 12.2. The second-order valence-corrected chi connectivity index (χ2v) is 7.79. The number of aliphatic hydroxyl groups is 1. The Morgan fingerprint density at radius 1 is 1.04 bits per heavy atom. The van der Waals surface area contributed by atoms with Gasteiger partial charge in [-0.3, -0.25) is 4.98 Å². The van der Waals surface area contributed by atoms with Crippen molar-refractivity contribution < 1.29 is 14.2 Å². The number of benzene rings is 2. The van der Waals surface area contributed by atoms with E-state index in [4.69, 9.17) is 9.07 Å². The van der Waals surface area contributed by atoms with Crippen LogP contribution in [-0.2, 0) is 4.65 Å². The Bertz CT molecular complexity index is 1110. The number of para-hydroxylation sites is 1. The Morgan fingerprint density at radius 3 is 2.62 bits per heavy atom. The van der Waals surface area contributed by atoms with E-state index < -0.39 is 11.2 Å². The molecule has 4 rings (SSSR count). The Kier molecular flexibility index (Phi) is 3.83. The van der Waals surface area contributed by atoms with Gasteiger partial charge in [0.2, 0.25) is 0 Å². The highest BCUT2D eigenvalue weighted by molar-refractivity contribution is 6.51. The van der Waals surface area contributed by atoms with Crippen LogP contribution in [0.3, 0.4) is 0 Å². The van der Waals surface area contributed by atoms with E-state index in [1.54, 1.807) is 20.0 Å². The molecule has 5 heteroatoms. The molecule has 26 heavy (non-hydrogen) atoms. The number of aromatic nitrogens is 1. The van der Waals surface area contributed by atoms with Gasteiger partial charge in [0.15, 0.2) is 0 Å². The van der Waals surface area contributed by atoms with Gasteiger partial charge in [-0.1, -0.05) is 24.3 Å². The van der Waals surface area contributed by atoms with Crippen molar-refractivity contribution in [2.24, 2.45) is 0 Å². The highest BCUT2D eigenvalue weighted by atomic mass is 16.5. The van der Waals surface area contributed by atoms with E-state index in [1.165, 1.54) is 0 Å². The van der Waals surface area contributed by atoms with E-state index in [9.17, 15) is 5.11 Å². The minimum absolute atomic E-state index is 0.365. The maximum absolute atomic E-state index is 10.3. The molecule has 0 aliphatic carbocycles. The van der Waals surface area contributed by atoms with Gasteiger partial charge in [0.1, 0.15) is 11.2 Å². The average Bonchev–Trinajstić information content (AvgIpc) is 2.98. The van der Waals surface area contributed by atoms with Crippen LogP contribution in [0.15, 0.2) is 53.2 Å². The Morgan fingerprint density at radius 2 is 1.85 bits per heavy atom. The van der Waals surface area contributed by atoms with E-state index in [-0.39, 0.29) is 0 Å². The summed E-state index contributed by atoms with van der Waals surface area (Å²) in [5.74, 6) is 0. The van der Waals surface area contributed by atoms with Crippen molar-refractivity contribution in [3.05, 3.63) is 48.8 Å². The van der Waals surface area contributed by atoms with Crippen molar-refractivity contribution in [1.82, 2.24) is 4.98 Å². The van der Waals surface area contributed by atoms with Crippen molar-refractivity contribution in [3.8, 4) is 0 Å². The summed E-state index contributed by atoms with van der Waals surface area (Å²) in [6.45, 7) is 7.30. The first-order valence-electron chi connectivity index (χ1n) is 8.81. The molecule has 0 fully saturated rings. The highest BCUT2D eigenvalue weighted by Gasteiger charge is 2.35. The van der Waals surface area contributed by atoms with Crippen molar-refractivity contribution in [2.75, 3.05) is 0 Å². The van der Waals surface area contributed by atoms with Gasteiger partial charge in [-0.15, -0.1) is 0 Å². The maximum Gasteiger partial charge on any atom is 0.313 e. The van der Waals surface area contributed by atoms with Gasteiger partial charge in [0.25, 0.3) is 0 Å². The quantitative estimate of drug-likeness (QED) is 0.572. The zero-order valence-corrected chi connectivity index (χ0v) is 15.5. The topological polar surface area (TPSA) is 55.5 Å². The fraction of sp³-hybridized carbons (Fsp3) is 0.286. The van der Waals surface area contributed by atoms with Crippen LogP contribution < -0.4 is 5.46 Å². The lowest BCUT2D eigenvalue weighted by Crippen LogP contribution is -2.49. The van der Waals surface area contributed by atoms with Gasteiger partial charge >= 0.3 is 7.48 Å². The minimum atomic E-state index is -0.948. The smallest absolute Gasteiger partial charge is 0.313 e. The van der Waals surface area contributed by atoms with Crippen LogP contribution in [0.1, 0.15) is 27.7 Å². The number of rotatable bonds is 4. The summed E-state index contributed by atoms with van der Waals surface area (Å²) in [7, 11) is 0.365. The van der Waals surface area contributed by atoms with Crippen molar-refractivity contribution in [1.29, 1.82) is 0 Å². The van der Waals surface area contributed by atoms with Gasteiger partial charge in [0.05, 0.1) is 11.2 Å². The molecule has 132 valence electrons. The number of hydrogen-bond acceptors (Lipinski definition) is 4. The third-order valence-electron chi connectivity index (χ3n) is 5.42. The molecule has 0 radical (unpaired) electrons. The number of nitrogens with zero attached hydrogens (tertiary/aromatic N) is 1. The molecule has 2 aromatic carbocycles. The summed E-state index contributed by atoms with van der Waals surface area (Å²) in [6.07, 6.45) is 3.68. The molecule has 0 saturated heterocycles. The Labute approximate surface area is 153 Å². The van der Waals surface area contributed by atoms with Crippen LogP contribution in [0.5, 0.6) is 0 Å². The fourth-order valence-electron chi connectivity index (χ4n) is 3.06. The lowest BCUT2D eigenvalue weighted by Gasteiger charge is -2.37. The number of pyridine rings is 1. The third-order valence-corrected chi connectivity index (χ3v) is 5.42. The lowest BCUT2D eigenvalue weighted by molar-refractivity contribution is -0.0893. The van der Waals surface area contributed by atoms with Crippen LogP contribution in [0.2, 0.25) is 0 Å². The molecule has 0 bridgehead atoms. The molecular weight excluding hydrogens is 325 g/mol. The molecule has 2 aromatic heterocycles. The molecule has 0 atom stereocenters. The van der Waals surface area contributed by atoms with E-state index >= 15 is 0 Å². The minimum Gasteiger partial charge on any atom is -0.457 e. The molecule has 4 nitrogen and oxygen atoms in total. The molecule has 0 amide bonds. The SMILES string of the molecule is CC(C)(O)C(C)(C)OBc1cccc2c1oc1ccc3ccncc3c12. The van der Waals surface area contributed by atoms with E-state index in [0.717, 1.165) is 38.2 Å². The number of hydrogen-bond donors (Lipinski definition) is 1. The molecule has 0 aliphatic heterocycles. The first kappa shape index (κ1) is 17.1. The number of fused-ring (bicyclic) bond motifs is 5. The zero-order valence-electron chi connectivity index (χ0n) is 15.5. The average molecular weight is 347 g/mol. The monoisotopic (exact) mass is 347 g/mol. The Hall–Kier alpha value is -2.37. The molecule has 0 aliphatic rings. The normalized spacial score (nSPS) is 13.0. The molecular formula is C21H22BNO3. The van der Waals surface area contributed by atoms with Gasteiger partial charge in [-0.05, 0) is 50.7 Å². The summed E-state index contributed by atoms with van der Waals surface area (Å²) in [4.78, 5) is 4.27.